The molecule has 0 saturated heterocycles. The third kappa shape index (κ3) is 5.82. The molecule has 0 rings (SSSR count). The summed E-state index contributed by atoms with van der Waals surface area (Å²) >= 11 is 0. The molecule has 0 aromatic heterocycles. The van der Waals surface area contributed by atoms with E-state index in [9.17, 15) is 9.13 Å². The van der Waals surface area contributed by atoms with E-state index < -0.39 is 7.91 Å². The minimum absolute atomic E-state index is 0.0385. The number of aliphatic hydroxyl groups excluding tert-OH is 1. The molecule has 0 heterocycles. The Bertz CT molecular complexity index is 99.9. The first-order valence-electron chi connectivity index (χ1n) is 2.15. The molecule has 0 aromatic carbocycles. The molecular weight excluding hydrogens is 131 g/mol. The van der Waals surface area contributed by atoms with Gasteiger partial charge < -0.3 is 5.11 Å². The quantitative estimate of drug-likeness (QED) is 0.453. The van der Waals surface area contributed by atoms with Crippen LogP contribution >= 0.6 is 7.91 Å². The molecule has 1 N–H and O–H groups in total. The molecule has 0 aliphatic carbocycles. The van der Waals surface area contributed by atoms with Gasteiger partial charge in [0.1, 0.15) is 0 Å². The van der Waals surface area contributed by atoms with Gasteiger partial charge in [-0.3, -0.25) is 4.52 Å². The second-order valence-corrected chi connectivity index (χ2v) is 1.84. The normalized spacial score (nSPS) is 9.12. The summed E-state index contributed by atoms with van der Waals surface area (Å²) in [6.45, 7) is 0.0401. The maximum Gasteiger partial charge on any atom is 0.468 e. The predicted octanol–water partition coefficient (Wildman–Crippen LogP) is 0.473. The van der Waals surface area contributed by atoms with Crippen LogP contribution in [0.1, 0.15) is 6.42 Å². The van der Waals surface area contributed by atoms with Crippen LogP contribution in [0.2, 0.25) is 0 Å². The molecule has 5 heteroatoms. The number of hydrogen-bond donors (Lipinski definition) is 1. The van der Waals surface area contributed by atoms with Gasteiger partial charge in [0.15, 0.2) is 0 Å². The zero-order valence-electron chi connectivity index (χ0n) is 4.24. The van der Waals surface area contributed by atoms with Gasteiger partial charge >= 0.3 is 7.91 Å². The van der Waals surface area contributed by atoms with Gasteiger partial charge in [-0.1, -0.05) is 0 Å². The molecule has 0 unspecified atom stereocenters. The van der Waals surface area contributed by atoms with Crippen molar-refractivity contribution in [1.82, 2.24) is 0 Å². The zero-order valence-corrected chi connectivity index (χ0v) is 5.13. The van der Waals surface area contributed by atoms with Crippen LogP contribution in [-0.2, 0) is 13.7 Å². The summed E-state index contributed by atoms with van der Waals surface area (Å²) in [6, 6.07) is 0. The first kappa shape index (κ1) is 7.82. The average Bonchev–Trinajstić information content (AvgIpc) is 1.66. The van der Waals surface area contributed by atoms with Crippen molar-refractivity contribution in [3.8, 4) is 0 Å². The van der Waals surface area contributed by atoms with Gasteiger partial charge in [-0.05, 0) is 6.42 Å². The van der Waals surface area contributed by atoms with Gasteiger partial charge in [0.25, 0.3) is 0 Å². The summed E-state index contributed by atoms with van der Waals surface area (Å²) in [5, 5.41) is 8.10. The Labute approximate surface area is 47.4 Å². The van der Waals surface area contributed by atoms with E-state index in [-0.39, 0.29) is 13.2 Å². The molecule has 0 spiro atoms. The molecule has 48 valence electrons. The first-order chi connectivity index (χ1) is 3.77. The highest BCUT2D eigenvalue weighted by Crippen LogP contribution is 2.03. The summed E-state index contributed by atoms with van der Waals surface area (Å²) in [5.74, 6) is 0. The molecule has 4 nitrogen and oxygen atoms in total. The second kappa shape index (κ2) is 4.97. The molecule has 0 saturated carbocycles. The Morgan fingerprint density at radius 1 is 1.50 bits per heavy atom. The summed E-state index contributed by atoms with van der Waals surface area (Å²) in [5.41, 5.74) is 0. The van der Waals surface area contributed by atoms with Gasteiger partial charge in [-0.2, -0.15) is 0 Å². The molecule has 0 amide bonds. The minimum atomic E-state index is -2.72. The first-order valence-corrected chi connectivity index (χ1v) is 3.25. The fraction of sp³-hybridized carbons (Fsp3) is 1.00. The van der Waals surface area contributed by atoms with Crippen molar-refractivity contribution in [2.45, 2.75) is 6.42 Å². The van der Waals surface area contributed by atoms with Crippen molar-refractivity contribution < 1.29 is 18.8 Å². The Morgan fingerprint density at radius 2 is 2.12 bits per heavy atom. The lowest BCUT2D eigenvalue weighted by molar-refractivity contribution is 0.233. The van der Waals surface area contributed by atoms with Crippen LogP contribution < -0.4 is 0 Å². The summed E-state index contributed by atoms with van der Waals surface area (Å²) < 4.78 is 23.3. The highest BCUT2D eigenvalue weighted by atomic mass is 31.1. The van der Waals surface area contributed by atoms with Crippen LogP contribution in [0.3, 0.4) is 0 Å². The van der Waals surface area contributed by atoms with E-state index in [0.29, 0.717) is 6.42 Å². The van der Waals surface area contributed by atoms with E-state index in [1.54, 1.807) is 0 Å². The van der Waals surface area contributed by atoms with Crippen molar-refractivity contribution in [3.05, 3.63) is 0 Å². The van der Waals surface area contributed by atoms with E-state index in [1.165, 1.54) is 0 Å². The van der Waals surface area contributed by atoms with Crippen molar-refractivity contribution in [3.63, 3.8) is 0 Å². The second-order valence-electron chi connectivity index (χ2n) is 1.13. The largest absolute Gasteiger partial charge is 0.468 e. The fourth-order valence-electron chi connectivity index (χ4n) is 0.204. The van der Waals surface area contributed by atoms with Gasteiger partial charge in [0.2, 0.25) is 0 Å². The minimum Gasteiger partial charge on any atom is -0.396 e. The van der Waals surface area contributed by atoms with Gasteiger partial charge in [-0.15, -0.1) is 0 Å². The van der Waals surface area contributed by atoms with Crippen molar-refractivity contribution in [2.75, 3.05) is 13.2 Å². The molecule has 0 bridgehead atoms. The molecule has 0 radical (unpaired) electrons. The Balaban J connectivity index is 2.94. The third-order valence-corrected chi connectivity index (χ3v) is 0.893. The Hall–Kier alpha value is -0.180. The molecule has 0 aliphatic rings. The molecule has 8 heavy (non-hydrogen) atoms. The molecular formula is C3H7O4P. The molecule has 0 aromatic rings. The van der Waals surface area contributed by atoms with E-state index in [1.807, 2.05) is 0 Å². The van der Waals surface area contributed by atoms with Crippen LogP contribution in [0.25, 0.3) is 0 Å². The van der Waals surface area contributed by atoms with Crippen LogP contribution in [0, 0.1) is 0 Å². The monoisotopic (exact) mass is 138 g/mol. The van der Waals surface area contributed by atoms with Crippen molar-refractivity contribution in [2.24, 2.45) is 0 Å². The highest BCUT2D eigenvalue weighted by Gasteiger charge is 1.88. The number of rotatable bonds is 4. The van der Waals surface area contributed by atoms with Gasteiger partial charge in [0, 0.05) is 6.61 Å². The van der Waals surface area contributed by atoms with E-state index in [4.69, 9.17) is 5.11 Å². The maximum atomic E-state index is 9.61. The maximum absolute atomic E-state index is 9.61. The number of hydrogen-bond acceptors (Lipinski definition) is 4. The number of aliphatic hydroxyl groups is 1. The van der Waals surface area contributed by atoms with Crippen LogP contribution in [-0.4, -0.2) is 18.3 Å². The van der Waals surface area contributed by atoms with Crippen LogP contribution in [0.15, 0.2) is 0 Å². The SMILES string of the molecule is O=P(=O)OCCCO. The Morgan fingerprint density at radius 3 is 2.50 bits per heavy atom. The van der Waals surface area contributed by atoms with Crippen molar-refractivity contribution >= 4 is 7.91 Å². The zero-order chi connectivity index (χ0) is 6.41. The molecule has 0 fully saturated rings. The lowest BCUT2D eigenvalue weighted by Gasteiger charge is -1.87. The van der Waals surface area contributed by atoms with E-state index >= 15 is 0 Å². The van der Waals surface area contributed by atoms with Crippen LogP contribution in [0.4, 0.5) is 0 Å². The van der Waals surface area contributed by atoms with Crippen molar-refractivity contribution in [1.29, 1.82) is 0 Å². The highest BCUT2D eigenvalue weighted by molar-refractivity contribution is 7.24. The third-order valence-electron chi connectivity index (χ3n) is 0.499. The molecule has 0 atom stereocenters. The fourth-order valence-corrected chi connectivity index (χ4v) is 0.482. The summed E-state index contributed by atoms with van der Waals surface area (Å²) in [7, 11) is -2.72. The van der Waals surface area contributed by atoms with Crippen LogP contribution in [0.5, 0.6) is 0 Å². The van der Waals surface area contributed by atoms with Gasteiger partial charge in [0.05, 0.1) is 6.61 Å². The smallest absolute Gasteiger partial charge is 0.396 e. The average molecular weight is 138 g/mol. The summed E-state index contributed by atoms with van der Waals surface area (Å²) in [4.78, 5) is 0. The predicted molar refractivity (Wildman–Crippen MR) is 25.9 cm³/mol. The summed E-state index contributed by atoms with van der Waals surface area (Å²) in [6.07, 6.45) is 0.364. The lowest BCUT2D eigenvalue weighted by atomic mass is 10.5. The lowest BCUT2D eigenvalue weighted by Crippen LogP contribution is -1.88. The van der Waals surface area contributed by atoms with E-state index in [2.05, 4.69) is 4.52 Å². The molecule has 0 aliphatic heterocycles. The van der Waals surface area contributed by atoms with E-state index in [0.717, 1.165) is 0 Å². The van der Waals surface area contributed by atoms with Gasteiger partial charge in [-0.25, -0.2) is 9.13 Å². The Kier molecular flexibility index (Phi) is 4.85. The standard InChI is InChI=1S/C3H7O4P/c4-2-1-3-7-8(5)6/h4H,1-3H2. The topological polar surface area (TPSA) is 63.6 Å².